The van der Waals surface area contributed by atoms with Gasteiger partial charge in [0.25, 0.3) is 6.71 Å². The third-order valence-electron chi connectivity index (χ3n) is 19.6. The van der Waals surface area contributed by atoms with Crippen LogP contribution in [0.5, 0.6) is 0 Å². The lowest BCUT2D eigenvalue weighted by Gasteiger charge is -2.46. The first-order valence-corrected chi connectivity index (χ1v) is 32.6. The molecule has 0 fully saturated rings. The Morgan fingerprint density at radius 3 is 1.29 bits per heavy atom. The molecule has 16 aromatic rings. The van der Waals surface area contributed by atoms with Gasteiger partial charge in [0.2, 0.25) is 0 Å². The maximum atomic E-state index is 9.82. The van der Waals surface area contributed by atoms with Gasteiger partial charge in [-0.15, -0.1) is 0 Å². The Morgan fingerprint density at radius 2 is 0.781 bits per heavy atom. The predicted molar refractivity (Wildman–Crippen MR) is 409 cm³/mol. The Bertz CT molecular complexity index is 6650. The molecule has 5 nitrogen and oxygen atoms in total. The highest BCUT2D eigenvalue weighted by Crippen LogP contribution is 2.55. The molecule has 0 N–H and O–H groups in total. The van der Waals surface area contributed by atoms with E-state index in [1.807, 2.05) is 91.0 Å². The summed E-state index contributed by atoms with van der Waals surface area (Å²) >= 11 is 0. The van der Waals surface area contributed by atoms with E-state index in [9.17, 15) is 16.4 Å². The van der Waals surface area contributed by atoms with Gasteiger partial charge in [-0.2, -0.15) is 0 Å². The standard InChI is InChI=1S/C90H73BN4O/c1-88(2,3)60-32-26-31-58(47-60)59-48-80(85-69-37-20-25-42-83(69)96-84(85)49-59)94-78-54-63(92-74-38-21-16-33-65(74)66-34-17-22-39-75(66)92)43-45-72(78)91-73-46-44-64(93-76-40-23-18-35-67(76)68-36-19-24-41-77(68)93)55-79(73)95(82-53-62(90(7,8)9)52-81(94)86(82)91)87-70(56-27-12-10-13-28-56)50-61(89(4,5)6)51-71(87)57-29-14-11-15-30-57/h10-55H,1-9H3/i16D,17D,18D,19D,21D,22D,23D,24D,33D,34D,35D,36D,38D,39D,40D,41D. The maximum Gasteiger partial charge on any atom is 0.252 e. The van der Waals surface area contributed by atoms with E-state index >= 15 is 0 Å². The highest BCUT2D eigenvalue weighted by atomic mass is 16.3. The second kappa shape index (κ2) is 21.2. The van der Waals surface area contributed by atoms with Crippen LogP contribution in [0.15, 0.2) is 283 Å². The van der Waals surface area contributed by atoms with Crippen LogP contribution in [0.2, 0.25) is 0 Å². The van der Waals surface area contributed by atoms with Gasteiger partial charge >= 0.3 is 0 Å². The molecule has 5 heterocycles. The Morgan fingerprint density at radius 1 is 0.333 bits per heavy atom. The molecular formula is C90H73BN4O. The number of nitrogens with zero attached hydrogens (tertiary/aromatic N) is 4. The smallest absolute Gasteiger partial charge is 0.252 e. The Labute approximate surface area is 584 Å². The summed E-state index contributed by atoms with van der Waals surface area (Å²) in [6.45, 7) is 18.9. The molecule has 0 aliphatic carbocycles. The second-order valence-electron chi connectivity index (χ2n) is 28.5. The van der Waals surface area contributed by atoms with Crippen LogP contribution in [0.4, 0.5) is 34.1 Å². The summed E-state index contributed by atoms with van der Waals surface area (Å²) in [5.41, 5.74) is 15.2. The van der Waals surface area contributed by atoms with Crippen molar-refractivity contribution in [1.82, 2.24) is 9.13 Å². The normalized spacial score (nSPS) is 15.5. The summed E-state index contributed by atoms with van der Waals surface area (Å²) in [4.78, 5) is 4.60. The van der Waals surface area contributed by atoms with Gasteiger partial charge in [0, 0.05) is 72.2 Å². The first-order chi connectivity index (χ1) is 53.2. The summed E-state index contributed by atoms with van der Waals surface area (Å²) in [6.07, 6.45) is 0. The van der Waals surface area contributed by atoms with Gasteiger partial charge < -0.3 is 23.4 Å². The van der Waals surface area contributed by atoms with Crippen LogP contribution in [0.1, 0.15) is 101 Å². The number of rotatable bonds is 7. The number of hydrogen-bond acceptors (Lipinski definition) is 3. The fourth-order valence-corrected chi connectivity index (χ4v) is 14.9. The minimum Gasteiger partial charge on any atom is -0.456 e. The van der Waals surface area contributed by atoms with Crippen molar-refractivity contribution >= 4 is 123 Å². The second-order valence-corrected chi connectivity index (χ2v) is 28.5. The molecule has 0 amide bonds. The molecule has 6 heteroatoms. The molecule has 18 rings (SSSR count). The number of anilines is 6. The van der Waals surface area contributed by atoms with Crippen molar-refractivity contribution in [3.05, 3.63) is 295 Å². The summed E-state index contributed by atoms with van der Waals surface area (Å²) in [6, 6.07) is 53.8. The molecule has 13 aromatic carbocycles. The monoisotopic (exact) mass is 1250 g/mol. The molecule has 96 heavy (non-hydrogen) atoms. The summed E-state index contributed by atoms with van der Waals surface area (Å²) in [5.74, 6) is 0. The van der Waals surface area contributed by atoms with Crippen LogP contribution in [-0.2, 0) is 16.2 Å². The van der Waals surface area contributed by atoms with Crippen LogP contribution in [0.3, 0.4) is 0 Å². The fraction of sp³-hybridized carbons (Fsp3) is 0.133. The Kier molecular flexibility index (Phi) is 9.51. The molecule has 0 bridgehead atoms. The van der Waals surface area contributed by atoms with Crippen LogP contribution in [0, 0.1) is 0 Å². The predicted octanol–water partition coefficient (Wildman–Crippen LogP) is 22.8. The fourth-order valence-electron chi connectivity index (χ4n) is 14.9. The molecule has 2 aliphatic rings. The molecule has 0 unspecified atom stereocenters. The van der Waals surface area contributed by atoms with Gasteiger partial charge in [0.15, 0.2) is 0 Å². The van der Waals surface area contributed by atoms with E-state index in [4.69, 9.17) is 9.90 Å². The maximum absolute atomic E-state index is 9.82. The molecule has 462 valence electrons. The third kappa shape index (κ3) is 8.91. The number of aromatic nitrogens is 2. The van der Waals surface area contributed by atoms with Crippen molar-refractivity contribution in [1.29, 1.82) is 0 Å². The zero-order chi connectivity index (χ0) is 79.0. The number of hydrogen-bond donors (Lipinski definition) is 0. The van der Waals surface area contributed by atoms with E-state index in [1.165, 1.54) is 0 Å². The van der Waals surface area contributed by atoms with Crippen molar-refractivity contribution in [3.63, 3.8) is 0 Å². The lowest BCUT2D eigenvalue weighted by Crippen LogP contribution is -2.61. The quantitative estimate of drug-likeness (QED) is 0.149. The average Bonchev–Trinajstić information content (AvgIpc) is 0.842. The van der Waals surface area contributed by atoms with Gasteiger partial charge in [-0.05, 0) is 162 Å². The molecule has 0 radical (unpaired) electrons. The van der Waals surface area contributed by atoms with E-state index in [0.29, 0.717) is 39.6 Å². The number of benzene rings is 13. The van der Waals surface area contributed by atoms with Gasteiger partial charge in [0.1, 0.15) is 11.2 Å². The molecule has 0 saturated carbocycles. The lowest BCUT2D eigenvalue weighted by atomic mass is 9.33. The molecule has 0 atom stereocenters. The SMILES string of the molecule is [2H]c1c([2H])c([2H])c2c(c1[2H])c1c([2H])c([2H])c([2H])c([2H])c1n2-c1ccc2c(c1)N(c1c(-c3ccccc3)cc(C(C)(C)C)cc1-c1ccccc1)c1cc(C(C)(C)C)cc3c1B2c1ccc(-n2c4c([2H])c([2H])c([2H])c([2H])c4c4c([2H])c([2H])c([2H])c([2H])c42)cc1N3c1cc(-c2cccc(C(C)(C)C)c2)cc2oc3ccccc3c12. The van der Waals surface area contributed by atoms with Crippen molar-refractivity contribution in [2.75, 3.05) is 9.80 Å². The number of para-hydroxylation sites is 5. The van der Waals surface area contributed by atoms with Crippen LogP contribution >= 0.6 is 0 Å². The minimum absolute atomic E-state index is 0.0473. The Balaban J connectivity index is 1.06. The van der Waals surface area contributed by atoms with Gasteiger partial charge in [0.05, 0.1) is 60.8 Å². The Hall–Kier alpha value is -11.1. The van der Waals surface area contributed by atoms with E-state index in [1.54, 1.807) is 9.13 Å². The summed E-state index contributed by atoms with van der Waals surface area (Å²) in [5, 5.41) is 1.30. The molecule has 2 aliphatic heterocycles. The van der Waals surface area contributed by atoms with Gasteiger partial charge in [-0.3, -0.25) is 0 Å². The van der Waals surface area contributed by atoms with Crippen molar-refractivity contribution in [3.8, 4) is 44.8 Å². The number of fused-ring (bicyclic) bond motifs is 13. The highest BCUT2D eigenvalue weighted by molar-refractivity contribution is 7.00. The first kappa shape index (κ1) is 43.0. The van der Waals surface area contributed by atoms with E-state index in [-0.39, 0.29) is 49.0 Å². The zero-order valence-corrected chi connectivity index (χ0v) is 54.6. The van der Waals surface area contributed by atoms with Crippen LogP contribution in [0.25, 0.3) is 110 Å². The molecule has 0 spiro atoms. The zero-order valence-electron chi connectivity index (χ0n) is 70.6. The van der Waals surface area contributed by atoms with Crippen molar-refractivity contribution < 1.29 is 26.3 Å². The largest absolute Gasteiger partial charge is 0.456 e. The topological polar surface area (TPSA) is 29.5 Å². The molecule has 3 aromatic heterocycles. The van der Waals surface area contributed by atoms with Crippen molar-refractivity contribution in [2.45, 2.75) is 78.6 Å². The van der Waals surface area contributed by atoms with Crippen molar-refractivity contribution in [2.24, 2.45) is 0 Å². The van der Waals surface area contributed by atoms with Gasteiger partial charge in [-0.1, -0.05) is 250 Å². The van der Waals surface area contributed by atoms with Crippen LogP contribution in [-0.4, -0.2) is 15.8 Å². The average molecular weight is 1250 g/mol. The van der Waals surface area contributed by atoms with E-state index in [0.717, 1.165) is 94.3 Å². The molecule has 0 saturated heterocycles. The minimum atomic E-state index is -0.752. The molecular weight excluding hydrogens is 1160 g/mol. The third-order valence-corrected chi connectivity index (χ3v) is 19.6. The van der Waals surface area contributed by atoms with Gasteiger partial charge in [-0.25, -0.2) is 0 Å². The number of furan rings is 1. The summed E-state index contributed by atoms with van der Waals surface area (Å²) < 4.78 is 161. The van der Waals surface area contributed by atoms with E-state index < -0.39 is 114 Å². The van der Waals surface area contributed by atoms with E-state index in [2.05, 4.69) is 163 Å². The lowest BCUT2D eigenvalue weighted by molar-refractivity contribution is 0.590. The first-order valence-electron chi connectivity index (χ1n) is 40.6. The highest BCUT2D eigenvalue weighted by Gasteiger charge is 2.46. The summed E-state index contributed by atoms with van der Waals surface area (Å²) in [7, 11) is 0. The van der Waals surface area contributed by atoms with Crippen LogP contribution < -0.4 is 26.2 Å².